The Kier molecular flexibility index (Phi) is 12.0. The fraction of sp³-hybridized carbons (Fsp3) is 0.429. The number of carbonyl (C=O) groups is 2. The Morgan fingerprint density at radius 3 is 1.56 bits per heavy atom. The summed E-state index contributed by atoms with van der Waals surface area (Å²) in [5.41, 5.74) is 2.66. The maximum atomic E-state index is 9.97. The van der Waals surface area contributed by atoms with E-state index in [2.05, 4.69) is 43.4 Å². The molecule has 1 rings (SSSR count). The molecule has 4 heteroatoms. The summed E-state index contributed by atoms with van der Waals surface area (Å²) in [5, 5.41) is 10.1. The molecule has 102 valence electrons. The Morgan fingerprint density at radius 2 is 1.39 bits per heavy atom. The van der Waals surface area contributed by atoms with Gasteiger partial charge in [-0.1, -0.05) is 49.2 Å². The van der Waals surface area contributed by atoms with Gasteiger partial charge in [0.05, 0.1) is 0 Å². The van der Waals surface area contributed by atoms with E-state index in [4.69, 9.17) is 5.11 Å². The van der Waals surface area contributed by atoms with Crippen molar-refractivity contribution in [1.82, 2.24) is 5.32 Å². The fourth-order valence-electron chi connectivity index (χ4n) is 0.837. The molecule has 0 bridgehead atoms. The zero-order valence-corrected chi connectivity index (χ0v) is 11.8. The van der Waals surface area contributed by atoms with Gasteiger partial charge in [-0.25, -0.2) is 0 Å². The van der Waals surface area contributed by atoms with E-state index in [1.54, 1.807) is 0 Å². The Bertz CT molecular complexity index is 310. The van der Waals surface area contributed by atoms with Crippen molar-refractivity contribution >= 4 is 11.9 Å². The maximum Gasteiger partial charge on any atom is 0.322 e. The highest BCUT2D eigenvalue weighted by Crippen LogP contribution is 1.99. The number of nitrogens with one attached hydrogen (secondary N) is 1. The van der Waals surface area contributed by atoms with E-state index in [9.17, 15) is 9.59 Å². The SMILES string of the molecule is CC.CC(=O)NCC(=O)O.Cc1ccc(C)cc1. The molecule has 2 N–H and O–H groups in total. The van der Waals surface area contributed by atoms with Crippen molar-refractivity contribution in [2.75, 3.05) is 6.54 Å². The van der Waals surface area contributed by atoms with Gasteiger partial charge in [0.25, 0.3) is 0 Å². The molecule has 0 aliphatic rings. The van der Waals surface area contributed by atoms with Crippen molar-refractivity contribution in [3.63, 3.8) is 0 Å². The smallest absolute Gasteiger partial charge is 0.322 e. The van der Waals surface area contributed by atoms with E-state index in [-0.39, 0.29) is 12.5 Å². The molecule has 0 unspecified atom stereocenters. The van der Waals surface area contributed by atoms with Crippen molar-refractivity contribution in [1.29, 1.82) is 0 Å². The Balaban J connectivity index is 0. The van der Waals surface area contributed by atoms with Gasteiger partial charge in [-0.15, -0.1) is 0 Å². The van der Waals surface area contributed by atoms with Crippen molar-refractivity contribution in [3.8, 4) is 0 Å². The van der Waals surface area contributed by atoms with E-state index < -0.39 is 5.97 Å². The van der Waals surface area contributed by atoms with Crippen molar-refractivity contribution < 1.29 is 14.7 Å². The molecule has 1 amide bonds. The van der Waals surface area contributed by atoms with Gasteiger partial charge in [-0.2, -0.15) is 0 Å². The molecular weight excluding hydrogens is 230 g/mol. The van der Waals surface area contributed by atoms with E-state index in [0.29, 0.717) is 0 Å². The fourth-order valence-corrected chi connectivity index (χ4v) is 0.837. The first-order valence-corrected chi connectivity index (χ1v) is 5.91. The average Bonchev–Trinajstić information content (AvgIpc) is 2.34. The number of aliphatic carboxylic acids is 1. The minimum Gasteiger partial charge on any atom is -0.480 e. The second kappa shape index (κ2) is 11.6. The predicted molar refractivity (Wildman–Crippen MR) is 73.6 cm³/mol. The first-order valence-electron chi connectivity index (χ1n) is 5.91. The Hall–Kier alpha value is -1.84. The van der Waals surface area contributed by atoms with Gasteiger partial charge >= 0.3 is 5.97 Å². The highest BCUT2D eigenvalue weighted by Gasteiger charge is 1.94. The van der Waals surface area contributed by atoms with Crippen molar-refractivity contribution in [3.05, 3.63) is 35.4 Å². The predicted octanol–water partition coefficient (Wildman–Crippen LogP) is 2.54. The zero-order valence-electron chi connectivity index (χ0n) is 11.8. The summed E-state index contributed by atoms with van der Waals surface area (Å²) in [6, 6.07) is 8.48. The molecular formula is C14H23NO3. The summed E-state index contributed by atoms with van der Waals surface area (Å²) in [4.78, 5) is 19.7. The third kappa shape index (κ3) is 14.2. The Morgan fingerprint density at radius 1 is 1.06 bits per heavy atom. The van der Waals surface area contributed by atoms with Crippen molar-refractivity contribution in [2.45, 2.75) is 34.6 Å². The van der Waals surface area contributed by atoms with E-state index in [1.807, 2.05) is 13.8 Å². The van der Waals surface area contributed by atoms with Gasteiger partial charge in [0.15, 0.2) is 0 Å². The van der Waals surface area contributed by atoms with Crippen LogP contribution in [0.5, 0.6) is 0 Å². The number of benzene rings is 1. The van der Waals surface area contributed by atoms with Crippen LogP contribution in [-0.4, -0.2) is 23.5 Å². The molecule has 1 aromatic rings. The number of hydrogen-bond acceptors (Lipinski definition) is 2. The van der Waals surface area contributed by atoms with Gasteiger partial charge in [-0.3, -0.25) is 9.59 Å². The van der Waals surface area contributed by atoms with Gasteiger partial charge in [0, 0.05) is 6.92 Å². The molecule has 4 nitrogen and oxygen atoms in total. The van der Waals surface area contributed by atoms with Gasteiger partial charge in [-0.05, 0) is 13.8 Å². The molecule has 0 atom stereocenters. The lowest BCUT2D eigenvalue weighted by molar-refractivity contribution is -0.137. The monoisotopic (exact) mass is 253 g/mol. The number of carbonyl (C=O) groups excluding carboxylic acids is 1. The zero-order chi connectivity index (χ0) is 14.6. The van der Waals surface area contributed by atoms with Crippen LogP contribution < -0.4 is 5.32 Å². The highest BCUT2D eigenvalue weighted by atomic mass is 16.4. The molecule has 1 aromatic carbocycles. The average molecular weight is 253 g/mol. The summed E-state index contributed by atoms with van der Waals surface area (Å²) >= 11 is 0. The number of carboxylic acids is 1. The van der Waals surface area contributed by atoms with Crippen LogP contribution in [0, 0.1) is 13.8 Å². The number of rotatable bonds is 2. The van der Waals surface area contributed by atoms with Gasteiger partial charge in [0.1, 0.15) is 6.54 Å². The summed E-state index contributed by atoms with van der Waals surface area (Å²) in [7, 11) is 0. The van der Waals surface area contributed by atoms with Crippen LogP contribution in [-0.2, 0) is 9.59 Å². The maximum absolute atomic E-state index is 9.97. The molecule has 0 radical (unpaired) electrons. The van der Waals surface area contributed by atoms with Crippen LogP contribution in [0.15, 0.2) is 24.3 Å². The van der Waals surface area contributed by atoms with E-state index >= 15 is 0 Å². The first kappa shape index (κ1) is 18.5. The molecule has 0 spiro atoms. The largest absolute Gasteiger partial charge is 0.480 e. The van der Waals surface area contributed by atoms with Crippen LogP contribution in [0.2, 0.25) is 0 Å². The molecule has 0 fully saturated rings. The van der Waals surface area contributed by atoms with Crippen LogP contribution in [0.1, 0.15) is 31.9 Å². The van der Waals surface area contributed by atoms with Crippen LogP contribution in [0.4, 0.5) is 0 Å². The van der Waals surface area contributed by atoms with Gasteiger partial charge in [0.2, 0.25) is 5.91 Å². The number of aryl methyl sites for hydroxylation is 2. The topological polar surface area (TPSA) is 66.4 Å². The number of hydrogen-bond donors (Lipinski definition) is 2. The number of carboxylic acid groups (broad SMARTS) is 1. The van der Waals surface area contributed by atoms with E-state index in [0.717, 1.165) is 0 Å². The van der Waals surface area contributed by atoms with Crippen molar-refractivity contribution in [2.24, 2.45) is 0 Å². The third-order valence-electron chi connectivity index (χ3n) is 1.71. The van der Waals surface area contributed by atoms with Crippen LogP contribution in [0.3, 0.4) is 0 Å². The second-order valence-corrected chi connectivity index (χ2v) is 3.46. The quantitative estimate of drug-likeness (QED) is 0.851. The molecule has 0 aliphatic heterocycles. The molecule has 18 heavy (non-hydrogen) atoms. The summed E-state index contributed by atoms with van der Waals surface area (Å²) in [5.74, 6) is -1.35. The third-order valence-corrected chi connectivity index (χ3v) is 1.71. The summed E-state index contributed by atoms with van der Waals surface area (Å²) in [6.07, 6.45) is 0. The van der Waals surface area contributed by atoms with E-state index in [1.165, 1.54) is 18.1 Å². The lowest BCUT2D eigenvalue weighted by atomic mass is 10.2. The lowest BCUT2D eigenvalue weighted by Crippen LogP contribution is -2.26. The molecule has 0 aliphatic carbocycles. The minimum absolute atomic E-state index is 0.296. The Labute approximate surface area is 109 Å². The highest BCUT2D eigenvalue weighted by molar-refractivity contribution is 5.79. The summed E-state index contributed by atoms with van der Waals surface area (Å²) < 4.78 is 0. The van der Waals surface area contributed by atoms with Gasteiger partial charge < -0.3 is 10.4 Å². The normalized spacial score (nSPS) is 8.06. The molecule has 0 aromatic heterocycles. The van der Waals surface area contributed by atoms with Crippen LogP contribution in [0.25, 0.3) is 0 Å². The second-order valence-electron chi connectivity index (χ2n) is 3.46. The minimum atomic E-state index is -1.03. The molecule has 0 saturated heterocycles. The molecule has 0 heterocycles. The summed E-state index contributed by atoms with van der Waals surface area (Å²) in [6.45, 7) is 9.16. The standard InChI is InChI=1S/C8H10.C4H7NO3.C2H6/c1-7-3-5-8(2)6-4-7;1-3(6)5-2-4(7)8;1-2/h3-6H,1-2H3;2H2,1H3,(H,5,6)(H,7,8);1-2H3. The molecule has 0 saturated carbocycles. The first-order chi connectivity index (χ1) is 8.41. The lowest BCUT2D eigenvalue weighted by Gasteiger charge is -1.92. The van der Waals surface area contributed by atoms with Crippen LogP contribution >= 0.6 is 0 Å². The number of amides is 1.